The first-order chi connectivity index (χ1) is 38.1. The van der Waals surface area contributed by atoms with E-state index in [2.05, 4.69) is 79.9 Å². The Morgan fingerprint density at radius 2 is 0.897 bits per heavy atom. The number of hydrogen-bond donors (Lipinski definition) is 9. The SMILES string of the molecule is CC/C=C\C/C=C\C/C=C\C/C=C\CCCCC(=O)NC(COC1OC(CO)C(OC2OC(CO)C(O)C(O)C2O)C(O)C1O)C(O)/C=C/CC/C=C/CCCCCCCCCCCCCCCCCCCCCCCCC. The molecule has 2 aliphatic rings. The maximum atomic E-state index is 13.2. The fraction of sp³-hybridized carbons (Fsp3) is 0.797. The van der Waals surface area contributed by atoms with Crippen LogP contribution in [0, 0.1) is 0 Å². The van der Waals surface area contributed by atoms with E-state index in [1.54, 1.807) is 6.08 Å². The number of allylic oxidation sites excluding steroid dienone is 11. The van der Waals surface area contributed by atoms with Gasteiger partial charge in [0.05, 0.1) is 32.0 Å². The van der Waals surface area contributed by atoms with Crippen molar-refractivity contribution in [3.8, 4) is 0 Å². The third-order valence-electron chi connectivity index (χ3n) is 14.9. The topological polar surface area (TPSA) is 228 Å². The number of ether oxygens (including phenoxy) is 4. The molecule has 2 saturated heterocycles. The molecule has 2 fully saturated rings. The van der Waals surface area contributed by atoms with Crippen LogP contribution in [0.5, 0.6) is 0 Å². The molecule has 0 aromatic carbocycles. The summed E-state index contributed by atoms with van der Waals surface area (Å²) in [5.74, 6) is -0.291. The molecule has 0 saturated carbocycles. The lowest BCUT2D eigenvalue weighted by atomic mass is 9.97. The van der Waals surface area contributed by atoms with Crippen molar-refractivity contribution in [1.29, 1.82) is 0 Å². The summed E-state index contributed by atoms with van der Waals surface area (Å²) >= 11 is 0. The van der Waals surface area contributed by atoms with E-state index in [0.29, 0.717) is 12.8 Å². The molecule has 78 heavy (non-hydrogen) atoms. The summed E-state index contributed by atoms with van der Waals surface area (Å²) in [4.78, 5) is 13.2. The van der Waals surface area contributed by atoms with Crippen molar-refractivity contribution < 1.29 is 64.6 Å². The molecule has 0 aromatic heterocycles. The Labute approximate surface area is 472 Å². The number of rotatable bonds is 49. The zero-order valence-corrected chi connectivity index (χ0v) is 48.6. The Morgan fingerprint density at radius 3 is 1.41 bits per heavy atom. The molecule has 452 valence electrons. The van der Waals surface area contributed by atoms with E-state index in [-0.39, 0.29) is 18.9 Å². The molecule has 1 amide bonds. The summed E-state index contributed by atoms with van der Waals surface area (Å²) in [6.45, 7) is 2.64. The highest BCUT2D eigenvalue weighted by Crippen LogP contribution is 2.30. The average Bonchev–Trinajstić information content (AvgIpc) is 3.48. The van der Waals surface area contributed by atoms with E-state index in [1.807, 2.05) is 6.08 Å². The van der Waals surface area contributed by atoms with Crippen LogP contribution in [0.1, 0.15) is 232 Å². The van der Waals surface area contributed by atoms with Gasteiger partial charge in [0.2, 0.25) is 5.91 Å². The summed E-state index contributed by atoms with van der Waals surface area (Å²) < 4.78 is 22.7. The van der Waals surface area contributed by atoms with Crippen LogP contribution in [0.25, 0.3) is 0 Å². The number of hydrogen-bond acceptors (Lipinski definition) is 13. The molecular weight excluding hydrogens is 991 g/mol. The average molecular weight is 1100 g/mol. The highest BCUT2D eigenvalue weighted by Gasteiger charge is 2.51. The Kier molecular flexibility index (Phi) is 45.0. The summed E-state index contributed by atoms with van der Waals surface area (Å²) in [7, 11) is 0. The molecule has 0 radical (unpaired) electrons. The summed E-state index contributed by atoms with van der Waals surface area (Å²) in [5, 5.41) is 87.0. The molecule has 0 spiro atoms. The Bertz CT molecular complexity index is 1580. The number of carbonyl (C=O) groups excluding carboxylic acids is 1. The number of unbranched alkanes of at least 4 members (excludes halogenated alkanes) is 26. The Hall–Kier alpha value is -2.57. The fourth-order valence-corrected chi connectivity index (χ4v) is 9.89. The quantitative estimate of drug-likeness (QED) is 0.0204. The smallest absolute Gasteiger partial charge is 0.220 e. The van der Waals surface area contributed by atoms with E-state index in [4.69, 9.17) is 18.9 Å². The van der Waals surface area contributed by atoms with Crippen LogP contribution in [-0.4, -0.2) is 140 Å². The van der Waals surface area contributed by atoms with Crippen LogP contribution >= 0.6 is 0 Å². The molecule has 12 unspecified atom stereocenters. The van der Waals surface area contributed by atoms with Crippen molar-refractivity contribution in [2.24, 2.45) is 0 Å². The molecule has 14 heteroatoms. The van der Waals surface area contributed by atoms with Gasteiger partial charge in [-0.1, -0.05) is 228 Å². The zero-order chi connectivity index (χ0) is 56.7. The van der Waals surface area contributed by atoms with Gasteiger partial charge in [-0.3, -0.25) is 4.79 Å². The van der Waals surface area contributed by atoms with Gasteiger partial charge < -0.3 is 65.1 Å². The number of amides is 1. The molecule has 0 bridgehead atoms. The number of aliphatic hydroxyl groups is 8. The second-order valence-electron chi connectivity index (χ2n) is 21.8. The second kappa shape index (κ2) is 49.1. The van der Waals surface area contributed by atoms with E-state index in [1.165, 1.54) is 148 Å². The predicted octanol–water partition coefficient (Wildman–Crippen LogP) is 11.1. The minimum atomic E-state index is -1.80. The third kappa shape index (κ3) is 34.0. The van der Waals surface area contributed by atoms with Gasteiger partial charge >= 0.3 is 0 Å². The van der Waals surface area contributed by atoms with Crippen LogP contribution in [0.4, 0.5) is 0 Å². The van der Waals surface area contributed by atoms with E-state index in [0.717, 1.165) is 51.4 Å². The van der Waals surface area contributed by atoms with E-state index < -0.39 is 86.8 Å². The molecule has 2 aliphatic heterocycles. The van der Waals surface area contributed by atoms with Gasteiger partial charge in [0.15, 0.2) is 12.6 Å². The van der Waals surface area contributed by atoms with Gasteiger partial charge in [0.1, 0.15) is 48.8 Å². The molecule has 2 rings (SSSR count). The van der Waals surface area contributed by atoms with Gasteiger partial charge in [-0.15, -0.1) is 0 Å². The maximum absolute atomic E-state index is 13.2. The van der Waals surface area contributed by atoms with Gasteiger partial charge in [0, 0.05) is 6.42 Å². The minimum absolute atomic E-state index is 0.218. The first kappa shape index (κ1) is 71.5. The van der Waals surface area contributed by atoms with Crippen molar-refractivity contribution in [1.82, 2.24) is 5.32 Å². The maximum Gasteiger partial charge on any atom is 0.220 e. The van der Waals surface area contributed by atoms with Gasteiger partial charge in [-0.2, -0.15) is 0 Å². The van der Waals surface area contributed by atoms with Crippen LogP contribution in [-0.2, 0) is 23.7 Å². The lowest BCUT2D eigenvalue weighted by Gasteiger charge is -2.46. The third-order valence-corrected chi connectivity index (χ3v) is 14.9. The summed E-state index contributed by atoms with van der Waals surface area (Å²) in [5.41, 5.74) is 0. The highest BCUT2D eigenvalue weighted by molar-refractivity contribution is 5.76. The van der Waals surface area contributed by atoms with Crippen molar-refractivity contribution in [3.63, 3.8) is 0 Å². The molecular formula is C64H113NO13. The predicted molar refractivity (Wildman–Crippen MR) is 313 cm³/mol. The lowest BCUT2D eigenvalue weighted by molar-refractivity contribution is -0.359. The molecule has 9 N–H and O–H groups in total. The van der Waals surface area contributed by atoms with Gasteiger partial charge in [-0.25, -0.2) is 0 Å². The van der Waals surface area contributed by atoms with E-state index >= 15 is 0 Å². The van der Waals surface area contributed by atoms with Gasteiger partial charge in [-0.05, 0) is 70.6 Å². The highest BCUT2D eigenvalue weighted by atomic mass is 16.7. The Morgan fingerprint density at radius 1 is 0.474 bits per heavy atom. The first-order valence-corrected chi connectivity index (χ1v) is 31.2. The number of aliphatic hydroxyl groups excluding tert-OH is 8. The van der Waals surface area contributed by atoms with Crippen LogP contribution < -0.4 is 5.32 Å². The fourth-order valence-electron chi connectivity index (χ4n) is 9.89. The summed E-state index contributed by atoms with van der Waals surface area (Å²) in [6.07, 6.45) is 48.3. The largest absolute Gasteiger partial charge is 0.394 e. The lowest BCUT2D eigenvalue weighted by Crippen LogP contribution is -2.65. The zero-order valence-electron chi connectivity index (χ0n) is 48.6. The molecule has 14 nitrogen and oxygen atoms in total. The molecule has 12 atom stereocenters. The molecule has 0 aromatic rings. The van der Waals surface area contributed by atoms with Gasteiger partial charge in [0.25, 0.3) is 0 Å². The van der Waals surface area contributed by atoms with Crippen molar-refractivity contribution in [2.75, 3.05) is 19.8 Å². The minimum Gasteiger partial charge on any atom is -0.394 e. The second-order valence-corrected chi connectivity index (χ2v) is 21.8. The van der Waals surface area contributed by atoms with Crippen LogP contribution in [0.2, 0.25) is 0 Å². The van der Waals surface area contributed by atoms with Crippen LogP contribution in [0.3, 0.4) is 0 Å². The molecule has 0 aliphatic carbocycles. The number of nitrogens with one attached hydrogen (secondary N) is 1. The Balaban J connectivity index is 1.73. The first-order valence-electron chi connectivity index (χ1n) is 31.2. The summed E-state index contributed by atoms with van der Waals surface area (Å²) in [6, 6.07) is -0.957. The van der Waals surface area contributed by atoms with Crippen molar-refractivity contribution >= 4 is 5.91 Å². The normalized spacial score (nSPS) is 25.1. The molecule has 2 heterocycles. The van der Waals surface area contributed by atoms with Crippen molar-refractivity contribution in [2.45, 2.75) is 306 Å². The van der Waals surface area contributed by atoms with E-state index in [9.17, 15) is 45.6 Å². The monoisotopic (exact) mass is 1100 g/mol. The number of carbonyl (C=O) groups is 1. The van der Waals surface area contributed by atoms with Crippen molar-refractivity contribution in [3.05, 3.63) is 72.9 Å². The standard InChI is InChI=1S/C64H113NO13/c1-3-5-7-9-11-13-15-17-19-20-21-22-23-24-25-26-27-28-29-30-31-32-34-35-37-39-41-43-45-47-53(68)52(65-56(69)48-46-44-42-40-38-36-33-18-16-14-12-10-8-6-4-2)51-75-63-61(74)59(72)62(55(50-67)77-63)78-64-60(73)58(71)57(70)54(49-66)76-64/h6,8,12,14,18,33,37-40,45,47,52-55,57-64,66-68,70-74H,3-5,7,9-11,13,15-17,19-32,34-36,41-44,46,48-51H2,1-2H3,(H,65,69)/b8-6-,14-12-,33-18-,39-37+,40-38-,47-45+. The van der Waals surface area contributed by atoms with Crippen LogP contribution in [0.15, 0.2) is 72.9 Å².